The average Bonchev–Trinajstić information content (AvgIpc) is 2.51. The smallest absolute Gasteiger partial charge is 0.261 e. The van der Waals surface area contributed by atoms with Crippen molar-refractivity contribution in [3.63, 3.8) is 0 Å². The highest BCUT2D eigenvalue weighted by atomic mass is 79.9. The highest BCUT2D eigenvalue weighted by Gasteiger charge is 2.05. The number of pyridine rings is 1. The van der Waals surface area contributed by atoms with E-state index in [9.17, 15) is 4.79 Å². The lowest BCUT2D eigenvalue weighted by Crippen LogP contribution is -2.21. The van der Waals surface area contributed by atoms with E-state index in [-0.39, 0.29) is 5.56 Å². The standard InChI is InChI=1S/C14H12BrN5O/c15-10-2-3-12-11(5-10)14(21)20(8-18-12)7-9-1-4-13(19-16)17-6-9/h1-6,8H,7,16H2,(H,17,19). The fourth-order valence-corrected chi connectivity index (χ4v) is 2.40. The Morgan fingerprint density at radius 2 is 2.10 bits per heavy atom. The fraction of sp³-hybridized carbons (Fsp3) is 0.0714. The van der Waals surface area contributed by atoms with E-state index in [4.69, 9.17) is 5.84 Å². The maximum Gasteiger partial charge on any atom is 0.261 e. The van der Waals surface area contributed by atoms with Crippen molar-refractivity contribution >= 4 is 32.7 Å². The highest BCUT2D eigenvalue weighted by Crippen LogP contribution is 2.15. The van der Waals surface area contributed by atoms with Crippen LogP contribution in [-0.2, 0) is 6.54 Å². The lowest BCUT2D eigenvalue weighted by atomic mass is 10.2. The number of nitrogens with one attached hydrogen (secondary N) is 1. The van der Waals surface area contributed by atoms with E-state index in [1.165, 1.54) is 0 Å². The zero-order chi connectivity index (χ0) is 14.8. The predicted molar refractivity (Wildman–Crippen MR) is 84.9 cm³/mol. The summed E-state index contributed by atoms with van der Waals surface area (Å²) in [6, 6.07) is 9.07. The number of hydrazine groups is 1. The van der Waals surface area contributed by atoms with Crippen molar-refractivity contribution in [3.05, 3.63) is 63.2 Å². The van der Waals surface area contributed by atoms with Crippen LogP contribution in [0.3, 0.4) is 0 Å². The maximum atomic E-state index is 12.5. The molecule has 7 heteroatoms. The minimum absolute atomic E-state index is 0.0812. The first-order valence-electron chi connectivity index (χ1n) is 6.23. The lowest BCUT2D eigenvalue weighted by molar-refractivity contribution is 0.745. The fourth-order valence-electron chi connectivity index (χ4n) is 2.04. The van der Waals surface area contributed by atoms with Crippen LogP contribution in [0.4, 0.5) is 5.82 Å². The molecule has 1 aromatic carbocycles. The molecule has 0 radical (unpaired) electrons. The Hall–Kier alpha value is -2.25. The summed E-state index contributed by atoms with van der Waals surface area (Å²) in [7, 11) is 0. The molecular weight excluding hydrogens is 334 g/mol. The van der Waals surface area contributed by atoms with Gasteiger partial charge in [-0.3, -0.25) is 9.36 Å². The third-order valence-corrected chi connectivity index (χ3v) is 3.60. The number of nitrogens with two attached hydrogens (primary N) is 1. The van der Waals surface area contributed by atoms with Gasteiger partial charge in [-0.2, -0.15) is 0 Å². The van der Waals surface area contributed by atoms with Gasteiger partial charge in [0, 0.05) is 10.7 Å². The van der Waals surface area contributed by atoms with Gasteiger partial charge in [0.05, 0.1) is 23.8 Å². The minimum Gasteiger partial charge on any atom is -0.308 e. The molecule has 0 unspecified atom stereocenters. The second kappa shape index (κ2) is 5.63. The molecule has 6 nitrogen and oxygen atoms in total. The second-order valence-electron chi connectivity index (χ2n) is 4.54. The van der Waals surface area contributed by atoms with Gasteiger partial charge in [-0.05, 0) is 29.8 Å². The Morgan fingerprint density at radius 3 is 2.81 bits per heavy atom. The van der Waals surface area contributed by atoms with Gasteiger partial charge < -0.3 is 5.43 Å². The van der Waals surface area contributed by atoms with E-state index in [1.807, 2.05) is 18.2 Å². The summed E-state index contributed by atoms with van der Waals surface area (Å²) in [5, 5.41) is 0.583. The van der Waals surface area contributed by atoms with E-state index in [1.54, 1.807) is 29.2 Å². The molecule has 106 valence electrons. The Labute approximate surface area is 128 Å². The van der Waals surface area contributed by atoms with Gasteiger partial charge in [0.25, 0.3) is 5.56 Å². The van der Waals surface area contributed by atoms with Crippen molar-refractivity contribution in [2.45, 2.75) is 6.54 Å². The molecule has 21 heavy (non-hydrogen) atoms. The molecule has 2 heterocycles. The van der Waals surface area contributed by atoms with Gasteiger partial charge in [-0.15, -0.1) is 0 Å². The Morgan fingerprint density at radius 1 is 1.24 bits per heavy atom. The Balaban J connectivity index is 2.00. The number of rotatable bonds is 3. The van der Waals surface area contributed by atoms with E-state index >= 15 is 0 Å². The molecule has 0 fully saturated rings. The van der Waals surface area contributed by atoms with Crippen LogP contribution in [0.5, 0.6) is 0 Å². The zero-order valence-corrected chi connectivity index (χ0v) is 12.5. The molecule has 0 bridgehead atoms. The molecule has 0 atom stereocenters. The van der Waals surface area contributed by atoms with Crippen LogP contribution < -0.4 is 16.8 Å². The van der Waals surface area contributed by atoms with Crippen LogP contribution in [0.15, 0.2) is 52.1 Å². The number of halogens is 1. The number of benzene rings is 1. The molecule has 2 aromatic heterocycles. The van der Waals surface area contributed by atoms with Gasteiger partial charge in [0.2, 0.25) is 0 Å². The first-order valence-corrected chi connectivity index (χ1v) is 7.03. The summed E-state index contributed by atoms with van der Waals surface area (Å²) in [5.41, 5.74) is 3.96. The number of aromatic nitrogens is 3. The summed E-state index contributed by atoms with van der Waals surface area (Å²) >= 11 is 3.37. The largest absolute Gasteiger partial charge is 0.308 e. The van der Waals surface area contributed by atoms with Crippen LogP contribution in [0.25, 0.3) is 10.9 Å². The first kappa shape index (κ1) is 13.7. The summed E-state index contributed by atoms with van der Waals surface area (Å²) in [4.78, 5) is 20.9. The summed E-state index contributed by atoms with van der Waals surface area (Å²) < 4.78 is 2.41. The molecule has 0 saturated carbocycles. The molecule has 3 N–H and O–H groups in total. The molecule has 0 spiro atoms. The van der Waals surface area contributed by atoms with Crippen molar-refractivity contribution in [1.82, 2.24) is 14.5 Å². The summed E-state index contributed by atoms with van der Waals surface area (Å²) in [6.45, 7) is 0.409. The van der Waals surface area contributed by atoms with E-state index in [2.05, 4.69) is 31.3 Å². The SMILES string of the molecule is NNc1ccc(Cn2cnc3ccc(Br)cc3c2=O)cn1. The zero-order valence-electron chi connectivity index (χ0n) is 11.0. The van der Waals surface area contributed by atoms with Crippen LogP contribution in [0.2, 0.25) is 0 Å². The molecular formula is C14H12BrN5O. The number of nitrogen functional groups attached to an aromatic ring is 1. The third kappa shape index (κ3) is 2.79. The maximum absolute atomic E-state index is 12.5. The topological polar surface area (TPSA) is 85.8 Å². The summed E-state index contributed by atoms with van der Waals surface area (Å²) in [5.74, 6) is 5.85. The van der Waals surface area contributed by atoms with Gasteiger partial charge in [-0.25, -0.2) is 15.8 Å². The van der Waals surface area contributed by atoms with Crippen molar-refractivity contribution in [2.24, 2.45) is 5.84 Å². The average molecular weight is 346 g/mol. The number of anilines is 1. The van der Waals surface area contributed by atoms with Gasteiger partial charge in [0.15, 0.2) is 0 Å². The van der Waals surface area contributed by atoms with E-state index in [0.29, 0.717) is 23.3 Å². The van der Waals surface area contributed by atoms with Crippen molar-refractivity contribution in [3.8, 4) is 0 Å². The second-order valence-corrected chi connectivity index (χ2v) is 5.45. The molecule has 3 rings (SSSR count). The monoisotopic (exact) mass is 345 g/mol. The Kier molecular flexibility index (Phi) is 3.68. The van der Waals surface area contributed by atoms with Gasteiger partial charge in [0.1, 0.15) is 5.82 Å². The molecule has 0 saturated heterocycles. The van der Waals surface area contributed by atoms with E-state index in [0.717, 1.165) is 10.0 Å². The highest BCUT2D eigenvalue weighted by molar-refractivity contribution is 9.10. The number of hydrogen-bond donors (Lipinski definition) is 2. The van der Waals surface area contributed by atoms with Crippen LogP contribution in [0, 0.1) is 0 Å². The molecule has 0 aliphatic carbocycles. The quantitative estimate of drug-likeness (QED) is 0.559. The van der Waals surface area contributed by atoms with Gasteiger partial charge >= 0.3 is 0 Å². The van der Waals surface area contributed by atoms with Crippen LogP contribution in [-0.4, -0.2) is 14.5 Å². The summed E-state index contributed by atoms with van der Waals surface area (Å²) in [6.07, 6.45) is 3.22. The lowest BCUT2D eigenvalue weighted by Gasteiger charge is -2.07. The van der Waals surface area contributed by atoms with Gasteiger partial charge in [-0.1, -0.05) is 22.0 Å². The number of nitrogens with zero attached hydrogens (tertiary/aromatic N) is 3. The predicted octanol–water partition coefficient (Wildman–Crippen LogP) is 1.89. The van der Waals surface area contributed by atoms with Crippen LogP contribution >= 0.6 is 15.9 Å². The van der Waals surface area contributed by atoms with E-state index < -0.39 is 0 Å². The minimum atomic E-state index is -0.0812. The third-order valence-electron chi connectivity index (χ3n) is 3.11. The molecule has 3 aromatic rings. The van der Waals surface area contributed by atoms with Crippen molar-refractivity contribution < 1.29 is 0 Å². The molecule has 0 amide bonds. The normalized spacial score (nSPS) is 10.8. The Bertz CT molecular complexity index is 844. The molecule has 0 aliphatic rings. The van der Waals surface area contributed by atoms with Crippen molar-refractivity contribution in [1.29, 1.82) is 0 Å². The first-order chi connectivity index (χ1) is 10.2. The molecule has 0 aliphatic heterocycles. The van der Waals surface area contributed by atoms with Crippen molar-refractivity contribution in [2.75, 3.05) is 5.43 Å². The number of hydrogen-bond acceptors (Lipinski definition) is 5. The number of fused-ring (bicyclic) bond motifs is 1. The van der Waals surface area contributed by atoms with Crippen LogP contribution in [0.1, 0.15) is 5.56 Å².